The highest BCUT2D eigenvalue weighted by atomic mass is 16.2. The van der Waals surface area contributed by atoms with E-state index < -0.39 is 0 Å². The number of piperidine rings is 1. The lowest BCUT2D eigenvalue weighted by molar-refractivity contribution is -0.922. The molecule has 132 valence electrons. The second-order valence-electron chi connectivity index (χ2n) is 8.07. The Morgan fingerprint density at radius 2 is 1.71 bits per heavy atom. The van der Waals surface area contributed by atoms with Gasteiger partial charge < -0.3 is 9.80 Å². The average molecular weight is 330 g/mol. The van der Waals surface area contributed by atoms with Gasteiger partial charge in [-0.25, -0.2) is 0 Å². The van der Waals surface area contributed by atoms with E-state index >= 15 is 0 Å². The lowest BCUT2D eigenvalue weighted by Gasteiger charge is -2.40. The smallest absolute Gasteiger partial charge is 0.254 e. The van der Waals surface area contributed by atoms with E-state index in [1.165, 1.54) is 36.8 Å². The van der Waals surface area contributed by atoms with E-state index in [0.717, 1.165) is 37.0 Å². The van der Waals surface area contributed by atoms with Crippen molar-refractivity contribution in [2.45, 2.75) is 77.4 Å². The van der Waals surface area contributed by atoms with Crippen molar-refractivity contribution in [2.24, 2.45) is 0 Å². The summed E-state index contributed by atoms with van der Waals surface area (Å²) in [7, 11) is 2.35. The van der Waals surface area contributed by atoms with Gasteiger partial charge >= 0.3 is 0 Å². The number of hydrogen-bond acceptors (Lipinski definition) is 1. The number of nitrogens with zero attached hydrogens (tertiary/aromatic N) is 1. The normalized spacial score (nSPS) is 28.8. The number of carbonyl (C=O) groups excluding carboxylic acids is 1. The number of amides is 1. The zero-order valence-corrected chi connectivity index (χ0v) is 15.8. The van der Waals surface area contributed by atoms with Crippen molar-refractivity contribution >= 4 is 5.91 Å². The number of hydrogen-bond donors (Lipinski definition) is 1. The minimum atomic E-state index is 0.249. The zero-order valence-electron chi connectivity index (χ0n) is 15.8. The van der Waals surface area contributed by atoms with Crippen molar-refractivity contribution in [3.8, 4) is 0 Å². The lowest BCUT2D eigenvalue weighted by Crippen LogP contribution is -3.15. The SMILES string of the molecule is CCCCN(C(=O)c1cc(C)cc(C)c1)C1CC2CCC(C1)[NH+]2C. The largest absolute Gasteiger partial charge is 0.335 e. The van der Waals surface area contributed by atoms with Crippen LogP contribution in [0.4, 0.5) is 0 Å². The van der Waals surface area contributed by atoms with E-state index in [9.17, 15) is 4.79 Å². The van der Waals surface area contributed by atoms with Crippen LogP contribution >= 0.6 is 0 Å². The molecule has 24 heavy (non-hydrogen) atoms. The summed E-state index contributed by atoms with van der Waals surface area (Å²) in [6.07, 6.45) is 7.29. The third-order valence-corrected chi connectivity index (χ3v) is 6.19. The molecule has 0 aliphatic carbocycles. The average Bonchev–Trinajstić information content (AvgIpc) is 2.75. The van der Waals surface area contributed by atoms with Crippen molar-refractivity contribution in [1.82, 2.24) is 4.90 Å². The second-order valence-corrected chi connectivity index (χ2v) is 8.07. The third kappa shape index (κ3) is 3.51. The van der Waals surface area contributed by atoms with Crippen LogP contribution in [0.25, 0.3) is 0 Å². The second kappa shape index (κ2) is 7.26. The topological polar surface area (TPSA) is 24.8 Å². The first-order chi connectivity index (χ1) is 11.5. The predicted molar refractivity (Wildman–Crippen MR) is 98.6 cm³/mol. The molecule has 0 radical (unpaired) electrons. The molecule has 2 aliphatic heterocycles. The van der Waals surface area contributed by atoms with Crippen LogP contribution < -0.4 is 4.90 Å². The van der Waals surface area contributed by atoms with Crippen molar-refractivity contribution in [2.75, 3.05) is 13.6 Å². The summed E-state index contributed by atoms with van der Waals surface area (Å²) in [5.41, 5.74) is 3.24. The summed E-state index contributed by atoms with van der Waals surface area (Å²) in [6.45, 7) is 7.28. The maximum absolute atomic E-state index is 13.3. The van der Waals surface area contributed by atoms with Gasteiger partial charge in [0.25, 0.3) is 5.91 Å². The van der Waals surface area contributed by atoms with Gasteiger partial charge in [-0.1, -0.05) is 30.5 Å². The molecule has 2 saturated heterocycles. The van der Waals surface area contributed by atoms with Gasteiger partial charge in [0.15, 0.2) is 0 Å². The fourth-order valence-electron chi connectivity index (χ4n) is 4.85. The number of rotatable bonds is 5. The number of fused-ring (bicyclic) bond motifs is 2. The zero-order chi connectivity index (χ0) is 17.3. The summed E-state index contributed by atoms with van der Waals surface area (Å²) >= 11 is 0. The number of aryl methyl sites for hydroxylation is 2. The van der Waals surface area contributed by atoms with Crippen LogP contribution in [-0.4, -0.2) is 42.5 Å². The Balaban J connectivity index is 1.82. The van der Waals surface area contributed by atoms with Gasteiger partial charge in [-0.2, -0.15) is 0 Å². The molecule has 2 atom stereocenters. The first-order valence-corrected chi connectivity index (χ1v) is 9.72. The maximum atomic E-state index is 13.3. The monoisotopic (exact) mass is 329 g/mol. The third-order valence-electron chi connectivity index (χ3n) is 6.19. The Hall–Kier alpha value is -1.35. The fraction of sp³-hybridized carbons (Fsp3) is 0.667. The molecule has 3 nitrogen and oxygen atoms in total. The van der Waals surface area contributed by atoms with Crippen molar-refractivity contribution in [3.63, 3.8) is 0 Å². The maximum Gasteiger partial charge on any atom is 0.254 e. The summed E-state index contributed by atoms with van der Waals surface area (Å²) < 4.78 is 0. The molecule has 2 heterocycles. The minimum absolute atomic E-state index is 0.249. The van der Waals surface area contributed by atoms with Crippen LogP contribution in [0.2, 0.25) is 0 Å². The van der Waals surface area contributed by atoms with Crippen LogP contribution in [0.3, 0.4) is 0 Å². The van der Waals surface area contributed by atoms with E-state index in [0.29, 0.717) is 6.04 Å². The van der Waals surface area contributed by atoms with Gasteiger partial charge in [0.05, 0.1) is 19.1 Å². The van der Waals surface area contributed by atoms with E-state index in [1.807, 2.05) is 0 Å². The molecule has 0 saturated carbocycles. The van der Waals surface area contributed by atoms with Crippen molar-refractivity contribution < 1.29 is 9.69 Å². The van der Waals surface area contributed by atoms with Crippen LogP contribution in [0.1, 0.15) is 66.9 Å². The summed E-state index contributed by atoms with van der Waals surface area (Å²) in [4.78, 5) is 17.2. The molecule has 2 unspecified atom stereocenters. The molecule has 0 aromatic heterocycles. The highest BCUT2D eigenvalue weighted by Gasteiger charge is 2.44. The summed E-state index contributed by atoms with van der Waals surface area (Å²) in [5.74, 6) is 0.249. The van der Waals surface area contributed by atoms with Crippen molar-refractivity contribution in [3.05, 3.63) is 34.9 Å². The fourth-order valence-corrected chi connectivity index (χ4v) is 4.85. The van der Waals surface area contributed by atoms with Crippen LogP contribution in [0, 0.1) is 13.8 Å². The van der Waals surface area contributed by atoms with Gasteiger partial charge in [-0.3, -0.25) is 4.79 Å². The standard InChI is InChI=1S/C21H32N2O/c1-5-6-9-23(20-13-18-7-8-19(14-20)22(18)4)21(24)17-11-15(2)10-16(3)12-17/h10-12,18-20H,5-9,13-14H2,1-4H3/p+1. The molecule has 2 aliphatic rings. The Bertz CT molecular complexity index is 563. The number of unbranched alkanes of at least 4 members (excludes halogenated alkanes) is 1. The quantitative estimate of drug-likeness (QED) is 0.883. The molecule has 1 N–H and O–H groups in total. The summed E-state index contributed by atoms with van der Waals surface area (Å²) in [6, 6.07) is 8.21. The predicted octanol–water partition coefficient (Wildman–Crippen LogP) is 2.75. The molecule has 2 fully saturated rings. The molecular formula is C21H33N2O+. The highest BCUT2D eigenvalue weighted by molar-refractivity contribution is 5.94. The first-order valence-electron chi connectivity index (χ1n) is 9.72. The van der Waals surface area contributed by atoms with Gasteiger partial charge in [0.1, 0.15) is 0 Å². The minimum Gasteiger partial charge on any atom is -0.335 e. The van der Waals surface area contributed by atoms with E-state index in [1.54, 1.807) is 4.90 Å². The van der Waals surface area contributed by atoms with E-state index in [-0.39, 0.29) is 5.91 Å². The summed E-state index contributed by atoms with van der Waals surface area (Å²) in [5, 5.41) is 0. The molecule has 1 aromatic rings. The molecular weight excluding hydrogens is 296 g/mol. The molecule has 1 aromatic carbocycles. The van der Waals surface area contributed by atoms with E-state index in [4.69, 9.17) is 0 Å². The first kappa shape index (κ1) is 17.5. The molecule has 2 bridgehead atoms. The van der Waals surface area contributed by atoms with Gasteiger partial charge in [0, 0.05) is 43.8 Å². The number of carbonyl (C=O) groups is 1. The Labute approximate surface area is 147 Å². The van der Waals surface area contributed by atoms with Gasteiger partial charge in [0.2, 0.25) is 0 Å². The van der Waals surface area contributed by atoms with Gasteiger partial charge in [-0.15, -0.1) is 0 Å². The Kier molecular flexibility index (Phi) is 5.29. The molecule has 3 heteroatoms. The number of quaternary nitrogens is 1. The van der Waals surface area contributed by atoms with E-state index in [2.05, 4.69) is 50.9 Å². The Morgan fingerprint density at radius 3 is 2.25 bits per heavy atom. The molecule has 0 spiro atoms. The van der Waals surface area contributed by atoms with Gasteiger partial charge in [-0.05, 0) is 32.4 Å². The molecule has 1 amide bonds. The highest BCUT2D eigenvalue weighted by Crippen LogP contribution is 2.27. The van der Waals surface area contributed by atoms with Crippen LogP contribution in [-0.2, 0) is 0 Å². The van der Waals surface area contributed by atoms with Crippen LogP contribution in [0.5, 0.6) is 0 Å². The lowest BCUT2D eigenvalue weighted by atomic mass is 9.95. The van der Waals surface area contributed by atoms with Crippen molar-refractivity contribution in [1.29, 1.82) is 0 Å². The number of benzene rings is 1. The molecule has 3 rings (SSSR count). The Morgan fingerprint density at radius 1 is 1.12 bits per heavy atom. The van der Waals surface area contributed by atoms with Crippen LogP contribution in [0.15, 0.2) is 18.2 Å². The number of nitrogens with one attached hydrogen (secondary N) is 1.